The number of halogens is 5. The molecule has 3 rings (SSSR count). The summed E-state index contributed by atoms with van der Waals surface area (Å²) in [5, 5.41) is 6.13. The van der Waals surface area contributed by atoms with E-state index in [0.29, 0.717) is 11.6 Å². The molecule has 0 unspecified atom stereocenters. The number of alkyl halides is 3. The van der Waals surface area contributed by atoms with Crippen LogP contribution in [0.4, 0.5) is 17.6 Å². The number of aromatic nitrogens is 2. The average Bonchev–Trinajstić information content (AvgIpc) is 3.07. The van der Waals surface area contributed by atoms with E-state index < -0.39 is 23.6 Å². The van der Waals surface area contributed by atoms with Crippen LogP contribution in [0.1, 0.15) is 21.7 Å². The molecule has 0 aliphatic rings. The molecule has 0 atom stereocenters. The van der Waals surface area contributed by atoms with Gasteiger partial charge in [-0.3, -0.25) is 4.79 Å². The minimum absolute atomic E-state index is 0.00810. The van der Waals surface area contributed by atoms with Crippen LogP contribution >= 0.6 is 11.6 Å². The van der Waals surface area contributed by atoms with Crippen LogP contribution in [0.5, 0.6) is 0 Å². The fourth-order valence-corrected chi connectivity index (χ4v) is 2.58. The Balaban J connectivity index is 1.93. The van der Waals surface area contributed by atoms with E-state index in [9.17, 15) is 22.4 Å². The standard InChI is InChI=1S/C18H12ClF4N3O/c19-13-3-1-2-4-14(13)26-15(9-16(25-26)18(21,22)23)17(27)24-10-11-5-7-12(20)8-6-11/h1-9H,10H2,(H,24,27). The number of nitrogens with zero attached hydrogens (tertiary/aromatic N) is 2. The van der Waals surface area contributed by atoms with Crippen LogP contribution in [0.15, 0.2) is 54.6 Å². The highest BCUT2D eigenvalue weighted by Crippen LogP contribution is 2.30. The monoisotopic (exact) mass is 397 g/mol. The third-order valence-electron chi connectivity index (χ3n) is 3.68. The number of para-hydroxylation sites is 1. The third kappa shape index (κ3) is 4.28. The summed E-state index contributed by atoms with van der Waals surface area (Å²) >= 11 is 6.04. The van der Waals surface area contributed by atoms with E-state index in [1.807, 2.05) is 0 Å². The van der Waals surface area contributed by atoms with Gasteiger partial charge < -0.3 is 5.32 Å². The van der Waals surface area contributed by atoms with Crippen LogP contribution in [0.25, 0.3) is 5.69 Å². The van der Waals surface area contributed by atoms with Crippen LogP contribution in [0.3, 0.4) is 0 Å². The van der Waals surface area contributed by atoms with Gasteiger partial charge in [0.25, 0.3) is 5.91 Å². The molecule has 0 saturated heterocycles. The number of carbonyl (C=O) groups is 1. The number of benzene rings is 2. The predicted octanol–water partition coefficient (Wildman–Crippen LogP) is 4.61. The van der Waals surface area contributed by atoms with Gasteiger partial charge in [0.2, 0.25) is 0 Å². The minimum atomic E-state index is -4.72. The van der Waals surface area contributed by atoms with E-state index >= 15 is 0 Å². The van der Waals surface area contributed by atoms with Crippen molar-refractivity contribution in [2.75, 3.05) is 0 Å². The molecule has 9 heteroatoms. The Hall–Kier alpha value is -2.87. The molecule has 0 aliphatic carbocycles. The Labute approximate surface area is 156 Å². The molecular formula is C18H12ClF4N3O. The van der Waals surface area contributed by atoms with Gasteiger partial charge in [-0.05, 0) is 29.8 Å². The molecule has 140 valence electrons. The Morgan fingerprint density at radius 1 is 1.11 bits per heavy atom. The first-order valence-corrected chi connectivity index (χ1v) is 8.08. The van der Waals surface area contributed by atoms with Gasteiger partial charge in [-0.15, -0.1) is 0 Å². The third-order valence-corrected chi connectivity index (χ3v) is 4.00. The Morgan fingerprint density at radius 3 is 2.41 bits per heavy atom. The van der Waals surface area contributed by atoms with E-state index in [1.54, 1.807) is 12.1 Å². The van der Waals surface area contributed by atoms with Crippen molar-refractivity contribution < 1.29 is 22.4 Å². The molecule has 1 N–H and O–H groups in total. The second-order valence-electron chi connectivity index (χ2n) is 5.58. The molecule has 0 fully saturated rings. The van der Waals surface area contributed by atoms with Crippen LogP contribution < -0.4 is 5.32 Å². The fraction of sp³-hybridized carbons (Fsp3) is 0.111. The van der Waals surface area contributed by atoms with Crippen LogP contribution in [-0.4, -0.2) is 15.7 Å². The lowest BCUT2D eigenvalue weighted by Crippen LogP contribution is -2.25. The summed E-state index contributed by atoms with van der Waals surface area (Å²) in [6.45, 7) is 0.00810. The maximum atomic E-state index is 13.1. The molecule has 0 spiro atoms. The molecule has 1 aromatic heterocycles. The van der Waals surface area contributed by atoms with Crippen molar-refractivity contribution in [2.45, 2.75) is 12.7 Å². The smallest absolute Gasteiger partial charge is 0.347 e. The van der Waals surface area contributed by atoms with Gasteiger partial charge in [-0.25, -0.2) is 9.07 Å². The minimum Gasteiger partial charge on any atom is -0.347 e. The molecule has 2 aromatic carbocycles. The maximum absolute atomic E-state index is 13.1. The van der Waals surface area contributed by atoms with Gasteiger partial charge in [0.05, 0.1) is 10.7 Å². The van der Waals surface area contributed by atoms with Gasteiger partial charge in [0.1, 0.15) is 11.5 Å². The van der Waals surface area contributed by atoms with E-state index in [2.05, 4.69) is 10.4 Å². The molecule has 27 heavy (non-hydrogen) atoms. The maximum Gasteiger partial charge on any atom is 0.435 e. The van der Waals surface area contributed by atoms with Crippen LogP contribution in [-0.2, 0) is 12.7 Å². The highest BCUT2D eigenvalue weighted by Gasteiger charge is 2.36. The number of nitrogens with one attached hydrogen (secondary N) is 1. The largest absolute Gasteiger partial charge is 0.435 e. The number of hydrogen-bond acceptors (Lipinski definition) is 2. The van der Waals surface area contributed by atoms with E-state index in [-0.39, 0.29) is 22.9 Å². The summed E-state index contributed by atoms with van der Waals surface area (Å²) in [4.78, 5) is 12.5. The van der Waals surface area contributed by atoms with Crippen LogP contribution in [0.2, 0.25) is 5.02 Å². The van der Waals surface area contributed by atoms with E-state index in [0.717, 1.165) is 4.68 Å². The number of hydrogen-bond donors (Lipinski definition) is 1. The zero-order valence-corrected chi connectivity index (χ0v) is 14.4. The summed E-state index contributed by atoms with van der Waals surface area (Å²) in [6, 6.07) is 12.1. The van der Waals surface area contributed by atoms with Crippen molar-refractivity contribution in [1.82, 2.24) is 15.1 Å². The molecule has 0 saturated carbocycles. The normalized spacial score (nSPS) is 11.4. The molecule has 0 radical (unpaired) electrons. The van der Waals surface area contributed by atoms with Gasteiger partial charge in [0.15, 0.2) is 5.69 Å². The van der Waals surface area contributed by atoms with E-state index in [4.69, 9.17) is 11.6 Å². The van der Waals surface area contributed by atoms with Gasteiger partial charge in [-0.1, -0.05) is 35.9 Å². The lowest BCUT2D eigenvalue weighted by atomic mass is 10.2. The fourth-order valence-electron chi connectivity index (χ4n) is 2.36. The van der Waals surface area contributed by atoms with Gasteiger partial charge >= 0.3 is 6.18 Å². The summed E-state index contributed by atoms with van der Waals surface area (Å²) in [7, 11) is 0. The topological polar surface area (TPSA) is 46.9 Å². The summed E-state index contributed by atoms with van der Waals surface area (Å²) in [5.41, 5.74) is -0.807. The van der Waals surface area contributed by atoms with Crippen molar-refractivity contribution in [1.29, 1.82) is 0 Å². The second kappa shape index (κ2) is 7.40. The highest BCUT2D eigenvalue weighted by molar-refractivity contribution is 6.32. The number of amides is 1. The molecule has 3 aromatic rings. The SMILES string of the molecule is O=C(NCc1ccc(F)cc1)c1cc(C(F)(F)F)nn1-c1ccccc1Cl. The Kier molecular flexibility index (Phi) is 5.18. The first kappa shape index (κ1) is 18.9. The lowest BCUT2D eigenvalue weighted by molar-refractivity contribution is -0.141. The summed E-state index contributed by atoms with van der Waals surface area (Å²) in [5.74, 6) is -1.21. The summed E-state index contributed by atoms with van der Waals surface area (Å²) in [6.07, 6.45) is -4.72. The Morgan fingerprint density at radius 2 is 1.78 bits per heavy atom. The zero-order chi connectivity index (χ0) is 19.6. The number of carbonyl (C=O) groups excluding carboxylic acids is 1. The van der Waals surface area contributed by atoms with Gasteiger partial charge in [0, 0.05) is 12.6 Å². The molecule has 1 amide bonds. The van der Waals surface area contributed by atoms with Gasteiger partial charge in [-0.2, -0.15) is 18.3 Å². The van der Waals surface area contributed by atoms with Crippen molar-refractivity contribution in [3.05, 3.63) is 82.4 Å². The molecule has 0 aliphatic heterocycles. The molecule has 4 nitrogen and oxygen atoms in total. The molecular weight excluding hydrogens is 386 g/mol. The first-order chi connectivity index (χ1) is 12.8. The number of rotatable bonds is 4. The first-order valence-electron chi connectivity index (χ1n) is 7.70. The van der Waals surface area contributed by atoms with Crippen molar-refractivity contribution in [2.24, 2.45) is 0 Å². The van der Waals surface area contributed by atoms with Crippen molar-refractivity contribution >= 4 is 17.5 Å². The zero-order valence-electron chi connectivity index (χ0n) is 13.6. The quantitative estimate of drug-likeness (QED) is 0.653. The van der Waals surface area contributed by atoms with Crippen molar-refractivity contribution in [3.63, 3.8) is 0 Å². The Bertz CT molecular complexity index is 967. The van der Waals surface area contributed by atoms with E-state index in [1.165, 1.54) is 36.4 Å². The average molecular weight is 398 g/mol. The summed E-state index contributed by atoms with van der Waals surface area (Å²) < 4.78 is 53.0. The second-order valence-corrected chi connectivity index (χ2v) is 5.99. The molecule has 1 heterocycles. The predicted molar refractivity (Wildman–Crippen MR) is 91.1 cm³/mol. The highest BCUT2D eigenvalue weighted by atomic mass is 35.5. The van der Waals surface area contributed by atoms with Crippen molar-refractivity contribution in [3.8, 4) is 5.69 Å². The molecule has 0 bridgehead atoms. The van der Waals surface area contributed by atoms with Crippen LogP contribution in [0, 0.1) is 5.82 Å². The lowest BCUT2D eigenvalue weighted by Gasteiger charge is -2.10.